The molecule has 29 heavy (non-hydrogen) atoms. The zero-order valence-corrected chi connectivity index (χ0v) is 16.5. The Morgan fingerprint density at radius 3 is 2.69 bits per heavy atom. The Balaban J connectivity index is 1.70. The van der Waals surface area contributed by atoms with Crippen molar-refractivity contribution in [3.8, 4) is 22.8 Å². The van der Waals surface area contributed by atoms with Crippen LogP contribution in [0.3, 0.4) is 0 Å². The van der Waals surface area contributed by atoms with E-state index in [0.717, 1.165) is 17.0 Å². The Bertz CT molecular complexity index is 1060. The zero-order chi connectivity index (χ0) is 20.4. The topological polar surface area (TPSA) is 79.8 Å². The number of amides is 1. The number of hydrogen-bond donors (Lipinski definition) is 1. The molecular formula is C22H22N4O3. The van der Waals surface area contributed by atoms with Crippen LogP contribution in [0.4, 0.5) is 0 Å². The maximum atomic E-state index is 12.6. The highest BCUT2D eigenvalue weighted by molar-refractivity contribution is 5.96. The van der Waals surface area contributed by atoms with E-state index in [0.29, 0.717) is 29.5 Å². The second kappa shape index (κ2) is 7.79. The normalized spacial score (nSPS) is 15.6. The molecule has 7 heteroatoms. The fraction of sp³-hybridized carbons (Fsp3) is 0.227. The molecule has 1 aromatic carbocycles. The molecule has 4 rings (SSSR count). The van der Waals surface area contributed by atoms with Gasteiger partial charge in [0.25, 0.3) is 5.91 Å². The molecule has 3 heterocycles. The number of nitrogens with zero attached hydrogens (tertiary/aromatic N) is 3. The van der Waals surface area contributed by atoms with Crippen molar-refractivity contribution in [1.82, 2.24) is 14.9 Å². The molecule has 1 atom stereocenters. The standard InChI is InChI=1S/C22H22N4O3/c1-14-12-24-21(28-14)20-7-6-19(25-20)15-9-16(22(27)26(2)3)11-18(10-15)29-17-5-4-8-23-13-17/h4-11,13-14,25H,12H2,1-3H3. The van der Waals surface area contributed by atoms with E-state index >= 15 is 0 Å². The number of carbonyl (C=O) groups excluding carboxylic acids is 1. The first-order valence-corrected chi connectivity index (χ1v) is 9.35. The van der Waals surface area contributed by atoms with Crippen LogP contribution in [0, 0.1) is 0 Å². The number of aliphatic imine (C=N–C) groups is 1. The molecular weight excluding hydrogens is 368 g/mol. The number of aromatic nitrogens is 2. The third-order valence-corrected chi connectivity index (χ3v) is 4.46. The highest BCUT2D eigenvalue weighted by Gasteiger charge is 2.19. The molecule has 1 aliphatic rings. The van der Waals surface area contributed by atoms with Gasteiger partial charge in [0.05, 0.1) is 12.7 Å². The minimum Gasteiger partial charge on any atom is -0.471 e. The zero-order valence-electron chi connectivity index (χ0n) is 16.5. The Morgan fingerprint density at radius 1 is 1.17 bits per heavy atom. The van der Waals surface area contributed by atoms with Crippen molar-refractivity contribution in [2.45, 2.75) is 13.0 Å². The summed E-state index contributed by atoms with van der Waals surface area (Å²) in [6, 6.07) is 12.9. The quantitative estimate of drug-likeness (QED) is 0.720. The van der Waals surface area contributed by atoms with Crippen LogP contribution < -0.4 is 4.74 Å². The first kappa shape index (κ1) is 18.7. The number of hydrogen-bond acceptors (Lipinski definition) is 5. The number of nitrogens with one attached hydrogen (secondary N) is 1. The van der Waals surface area contributed by atoms with Gasteiger partial charge in [-0.05, 0) is 49.4 Å². The van der Waals surface area contributed by atoms with Crippen LogP contribution >= 0.6 is 0 Å². The average Bonchev–Trinajstić information content (AvgIpc) is 3.37. The number of rotatable bonds is 5. The fourth-order valence-corrected chi connectivity index (χ4v) is 3.05. The number of aromatic amines is 1. The molecule has 0 radical (unpaired) electrons. The fourth-order valence-electron chi connectivity index (χ4n) is 3.05. The lowest BCUT2D eigenvalue weighted by molar-refractivity contribution is 0.0827. The van der Waals surface area contributed by atoms with E-state index in [1.54, 1.807) is 38.6 Å². The second-order valence-electron chi connectivity index (χ2n) is 7.10. The molecule has 0 spiro atoms. The molecule has 0 bridgehead atoms. The molecule has 0 saturated carbocycles. The van der Waals surface area contributed by atoms with E-state index in [2.05, 4.69) is 15.0 Å². The first-order chi connectivity index (χ1) is 14.0. The number of H-pyrrole nitrogens is 1. The summed E-state index contributed by atoms with van der Waals surface area (Å²) in [4.78, 5) is 25.9. The van der Waals surface area contributed by atoms with Crippen molar-refractivity contribution >= 4 is 11.8 Å². The second-order valence-corrected chi connectivity index (χ2v) is 7.10. The Kier molecular flexibility index (Phi) is 5.03. The number of carbonyl (C=O) groups is 1. The molecule has 0 fully saturated rings. The van der Waals surface area contributed by atoms with Crippen LogP contribution in [0.1, 0.15) is 23.0 Å². The van der Waals surface area contributed by atoms with E-state index in [4.69, 9.17) is 9.47 Å². The van der Waals surface area contributed by atoms with Crippen LogP contribution in [0.25, 0.3) is 11.3 Å². The minimum atomic E-state index is -0.105. The molecule has 7 nitrogen and oxygen atoms in total. The van der Waals surface area contributed by atoms with Gasteiger partial charge in [0.1, 0.15) is 23.3 Å². The van der Waals surface area contributed by atoms with Crippen molar-refractivity contribution in [3.63, 3.8) is 0 Å². The Morgan fingerprint density at radius 2 is 2.00 bits per heavy atom. The summed E-state index contributed by atoms with van der Waals surface area (Å²) in [5.74, 6) is 1.66. The summed E-state index contributed by atoms with van der Waals surface area (Å²) in [6.07, 6.45) is 3.39. The maximum absolute atomic E-state index is 12.6. The molecule has 3 aromatic rings. The van der Waals surface area contributed by atoms with Crippen molar-refractivity contribution in [1.29, 1.82) is 0 Å². The van der Waals surface area contributed by atoms with Gasteiger partial charge in [0.2, 0.25) is 5.90 Å². The number of pyridine rings is 1. The highest BCUT2D eigenvalue weighted by atomic mass is 16.5. The Labute approximate surface area is 169 Å². The Hall–Kier alpha value is -3.61. The van der Waals surface area contributed by atoms with Gasteiger partial charge in [0, 0.05) is 37.1 Å². The summed E-state index contributed by atoms with van der Waals surface area (Å²) >= 11 is 0. The monoisotopic (exact) mass is 390 g/mol. The molecule has 0 saturated heterocycles. The summed E-state index contributed by atoms with van der Waals surface area (Å²) in [6.45, 7) is 2.64. The van der Waals surface area contributed by atoms with Gasteiger partial charge < -0.3 is 19.4 Å². The van der Waals surface area contributed by atoms with Crippen LogP contribution in [0.5, 0.6) is 11.5 Å². The van der Waals surface area contributed by atoms with Gasteiger partial charge in [-0.25, -0.2) is 4.99 Å². The van der Waals surface area contributed by atoms with Gasteiger partial charge in [-0.15, -0.1) is 0 Å². The molecule has 2 aromatic heterocycles. The third kappa shape index (κ3) is 4.13. The lowest BCUT2D eigenvalue weighted by Crippen LogP contribution is -2.21. The molecule has 148 valence electrons. The molecule has 0 aliphatic carbocycles. The number of benzene rings is 1. The van der Waals surface area contributed by atoms with E-state index in [9.17, 15) is 4.79 Å². The lowest BCUT2D eigenvalue weighted by atomic mass is 10.1. The maximum Gasteiger partial charge on any atom is 0.253 e. The van der Waals surface area contributed by atoms with Crippen LogP contribution in [0.15, 0.2) is 59.9 Å². The van der Waals surface area contributed by atoms with Crippen molar-refractivity contribution in [3.05, 3.63) is 66.1 Å². The average molecular weight is 390 g/mol. The minimum absolute atomic E-state index is 0.0808. The van der Waals surface area contributed by atoms with Gasteiger partial charge in [-0.2, -0.15) is 0 Å². The molecule has 1 aliphatic heterocycles. The largest absolute Gasteiger partial charge is 0.471 e. The summed E-state index contributed by atoms with van der Waals surface area (Å²) in [5.41, 5.74) is 3.01. The van der Waals surface area contributed by atoms with E-state index in [1.165, 1.54) is 4.90 Å². The van der Waals surface area contributed by atoms with Gasteiger partial charge in [0.15, 0.2) is 0 Å². The molecule has 1 amide bonds. The van der Waals surface area contributed by atoms with Crippen LogP contribution in [-0.2, 0) is 4.74 Å². The smallest absolute Gasteiger partial charge is 0.253 e. The van der Waals surface area contributed by atoms with Gasteiger partial charge in [-0.3, -0.25) is 9.78 Å². The van der Waals surface area contributed by atoms with E-state index in [-0.39, 0.29) is 12.0 Å². The predicted molar refractivity (Wildman–Crippen MR) is 111 cm³/mol. The summed E-state index contributed by atoms with van der Waals surface area (Å²) in [5, 5.41) is 0. The van der Waals surface area contributed by atoms with Crippen molar-refractivity contribution < 1.29 is 14.3 Å². The number of ether oxygens (including phenoxy) is 2. The third-order valence-electron chi connectivity index (χ3n) is 4.46. The summed E-state index contributed by atoms with van der Waals surface area (Å²) in [7, 11) is 3.44. The lowest BCUT2D eigenvalue weighted by Gasteiger charge is -2.14. The SMILES string of the molecule is CC1CN=C(c2ccc(-c3cc(Oc4cccnc4)cc(C(=O)N(C)C)c3)[nH]2)O1. The van der Waals surface area contributed by atoms with Gasteiger partial charge >= 0.3 is 0 Å². The summed E-state index contributed by atoms with van der Waals surface area (Å²) < 4.78 is 11.7. The first-order valence-electron chi connectivity index (χ1n) is 9.35. The van der Waals surface area contributed by atoms with Gasteiger partial charge in [-0.1, -0.05) is 0 Å². The van der Waals surface area contributed by atoms with E-state index in [1.807, 2.05) is 37.3 Å². The highest BCUT2D eigenvalue weighted by Crippen LogP contribution is 2.29. The van der Waals surface area contributed by atoms with Crippen LogP contribution in [-0.4, -0.2) is 53.4 Å². The van der Waals surface area contributed by atoms with E-state index < -0.39 is 0 Å². The van der Waals surface area contributed by atoms with Crippen molar-refractivity contribution in [2.24, 2.45) is 4.99 Å². The van der Waals surface area contributed by atoms with Crippen LogP contribution in [0.2, 0.25) is 0 Å². The van der Waals surface area contributed by atoms with Crippen molar-refractivity contribution in [2.75, 3.05) is 20.6 Å². The molecule has 1 unspecified atom stereocenters. The predicted octanol–water partition coefficient (Wildman–Crippen LogP) is 3.74. The molecule has 1 N–H and O–H groups in total.